The van der Waals surface area contributed by atoms with Crippen LogP contribution >= 0.6 is 11.6 Å². The molecule has 20 heavy (non-hydrogen) atoms. The SMILES string of the molecule is CCc1ccc(-n2c(CCl)nc3c(C)nn(C)c32)cc1. The smallest absolute Gasteiger partial charge is 0.163 e. The number of alkyl halides is 1. The molecule has 0 bridgehead atoms. The highest BCUT2D eigenvalue weighted by Gasteiger charge is 2.17. The average Bonchev–Trinajstić information content (AvgIpc) is 2.98. The molecule has 4 nitrogen and oxygen atoms in total. The van der Waals surface area contributed by atoms with Crippen LogP contribution in [0.25, 0.3) is 16.9 Å². The molecule has 2 aromatic heterocycles. The number of aryl methyl sites for hydroxylation is 3. The fraction of sp³-hybridized carbons (Fsp3) is 0.333. The van der Waals surface area contributed by atoms with Crippen LogP contribution in [0, 0.1) is 6.92 Å². The van der Waals surface area contributed by atoms with Crippen molar-refractivity contribution in [3.63, 3.8) is 0 Å². The molecule has 0 amide bonds. The first-order valence-electron chi connectivity index (χ1n) is 6.72. The molecule has 0 aliphatic heterocycles. The molecule has 0 aliphatic carbocycles. The van der Waals surface area contributed by atoms with E-state index in [2.05, 4.69) is 45.8 Å². The van der Waals surface area contributed by atoms with Gasteiger partial charge in [-0.25, -0.2) is 9.67 Å². The Morgan fingerprint density at radius 1 is 1.20 bits per heavy atom. The Hall–Kier alpha value is -1.81. The predicted octanol–water partition coefficient (Wildman–Crippen LogP) is 3.37. The van der Waals surface area contributed by atoms with E-state index in [1.54, 1.807) is 0 Å². The summed E-state index contributed by atoms with van der Waals surface area (Å²) < 4.78 is 3.95. The molecule has 104 valence electrons. The van der Waals surface area contributed by atoms with Gasteiger partial charge in [0, 0.05) is 12.7 Å². The average molecular weight is 289 g/mol. The molecule has 5 heteroatoms. The zero-order valence-electron chi connectivity index (χ0n) is 11.9. The summed E-state index contributed by atoms with van der Waals surface area (Å²) in [5.41, 5.74) is 5.23. The summed E-state index contributed by atoms with van der Waals surface area (Å²) in [6.07, 6.45) is 1.03. The van der Waals surface area contributed by atoms with E-state index in [-0.39, 0.29) is 0 Å². The highest BCUT2D eigenvalue weighted by Crippen LogP contribution is 2.24. The summed E-state index contributed by atoms with van der Waals surface area (Å²) in [6.45, 7) is 4.12. The second-order valence-electron chi connectivity index (χ2n) is 4.90. The van der Waals surface area contributed by atoms with Gasteiger partial charge in [-0.3, -0.25) is 4.57 Å². The fourth-order valence-corrected chi connectivity index (χ4v) is 2.74. The molecule has 3 rings (SSSR count). The molecular weight excluding hydrogens is 272 g/mol. The standard InChI is InChI=1S/C15H17ClN4/c1-4-11-5-7-12(8-6-11)20-13(9-16)17-14-10(2)18-19(3)15(14)20/h5-8H,4,9H2,1-3H3. The van der Waals surface area contributed by atoms with Gasteiger partial charge in [0.2, 0.25) is 0 Å². The van der Waals surface area contributed by atoms with Crippen molar-refractivity contribution in [2.24, 2.45) is 7.05 Å². The van der Waals surface area contributed by atoms with Gasteiger partial charge in [0.15, 0.2) is 5.65 Å². The summed E-state index contributed by atoms with van der Waals surface area (Å²) in [6, 6.07) is 8.50. The first-order valence-corrected chi connectivity index (χ1v) is 7.25. The largest absolute Gasteiger partial charge is 0.280 e. The monoisotopic (exact) mass is 288 g/mol. The zero-order valence-corrected chi connectivity index (χ0v) is 12.6. The molecule has 1 aromatic carbocycles. The lowest BCUT2D eigenvalue weighted by Gasteiger charge is -2.09. The Morgan fingerprint density at radius 2 is 1.90 bits per heavy atom. The molecule has 0 radical (unpaired) electrons. The van der Waals surface area contributed by atoms with E-state index in [9.17, 15) is 0 Å². The van der Waals surface area contributed by atoms with Crippen molar-refractivity contribution in [1.29, 1.82) is 0 Å². The van der Waals surface area contributed by atoms with Crippen LogP contribution in [0.5, 0.6) is 0 Å². The number of benzene rings is 1. The Bertz CT molecular complexity index is 752. The van der Waals surface area contributed by atoms with Crippen molar-refractivity contribution in [3.8, 4) is 5.69 Å². The van der Waals surface area contributed by atoms with Crippen LogP contribution in [-0.2, 0) is 19.3 Å². The minimum Gasteiger partial charge on any atom is -0.280 e. The number of rotatable bonds is 3. The number of fused-ring (bicyclic) bond motifs is 1. The van der Waals surface area contributed by atoms with Crippen LogP contribution in [-0.4, -0.2) is 19.3 Å². The van der Waals surface area contributed by atoms with Crippen molar-refractivity contribution >= 4 is 22.8 Å². The summed E-state index contributed by atoms with van der Waals surface area (Å²) in [4.78, 5) is 4.62. The lowest BCUT2D eigenvalue weighted by molar-refractivity contribution is 0.755. The highest BCUT2D eigenvalue weighted by atomic mass is 35.5. The van der Waals surface area contributed by atoms with Gasteiger partial charge in [-0.15, -0.1) is 11.6 Å². The van der Waals surface area contributed by atoms with E-state index < -0.39 is 0 Å². The van der Waals surface area contributed by atoms with Gasteiger partial charge in [0.1, 0.15) is 11.3 Å². The summed E-state index contributed by atoms with van der Waals surface area (Å²) >= 11 is 6.06. The van der Waals surface area contributed by atoms with Gasteiger partial charge in [-0.05, 0) is 31.0 Å². The van der Waals surface area contributed by atoms with Crippen molar-refractivity contribution in [2.45, 2.75) is 26.1 Å². The van der Waals surface area contributed by atoms with Crippen LogP contribution in [0.1, 0.15) is 24.0 Å². The van der Waals surface area contributed by atoms with Crippen LogP contribution in [0.3, 0.4) is 0 Å². The number of hydrogen-bond donors (Lipinski definition) is 0. The van der Waals surface area contributed by atoms with E-state index in [0.717, 1.165) is 34.8 Å². The molecule has 0 saturated heterocycles. The molecule has 0 spiro atoms. The zero-order chi connectivity index (χ0) is 14.3. The van der Waals surface area contributed by atoms with Gasteiger partial charge in [0.25, 0.3) is 0 Å². The highest BCUT2D eigenvalue weighted by molar-refractivity contribution is 6.17. The fourth-order valence-electron chi connectivity index (χ4n) is 2.56. The molecule has 0 saturated carbocycles. The molecule has 0 aliphatic rings. The van der Waals surface area contributed by atoms with E-state index in [1.807, 2.05) is 18.7 Å². The van der Waals surface area contributed by atoms with Gasteiger partial charge in [-0.1, -0.05) is 19.1 Å². The third-order valence-electron chi connectivity index (χ3n) is 3.59. The first-order chi connectivity index (χ1) is 9.65. The lowest BCUT2D eigenvalue weighted by Crippen LogP contribution is -2.04. The van der Waals surface area contributed by atoms with Gasteiger partial charge in [-0.2, -0.15) is 5.10 Å². The second-order valence-corrected chi connectivity index (χ2v) is 5.17. The summed E-state index contributed by atoms with van der Waals surface area (Å²) in [5.74, 6) is 1.23. The molecule has 0 fully saturated rings. The second kappa shape index (κ2) is 4.94. The number of imidazole rings is 1. The quantitative estimate of drug-likeness (QED) is 0.693. The van der Waals surface area contributed by atoms with Crippen LogP contribution in [0.15, 0.2) is 24.3 Å². The molecule has 0 N–H and O–H groups in total. The molecule has 0 unspecified atom stereocenters. The molecule has 2 heterocycles. The minimum absolute atomic E-state index is 0.379. The molecule has 3 aromatic rings. The Balaban J connectivity index is 2.27. The predicted molar refractivity (Wildman–Crippen MR) is 81.5 cm³/mol. The van der Waals surface area contributed by atoms with E-state index in [0.29, 0.717) is 5.88 Å². The van der Waals surface area contributed by atoms with Crippen molar-refractivity contribution in [2.75, 3.05) is 0 Å². The number of halogens is 1. The summed E-state index contributed by atoms with van der Waals surface area (Å²) in [5, 5.41) is 4.44. The van der Waals surface area contributed by atoms with E-state index in [1.165, 1.54) is 5.56 Å². The Kier molecular flexibility index (Phi) is 3.26. The third kappa shape index (κ3) is 1.91. The van der Waals surface area contributed by atoms with Crippen LogP contribution in [0.4, 0.5) is 0 Å². The van der Waals surface area contributed by atoms with E-state index >= 15 is 0 Å². The maximum atomic E-state index is 6.06. The Labute approximate surface area is 123 Å². The maximum Gasteiger partial charge on any atom is 0.163 e. The van der Waals surface area contributed by atoms with Crippen LogP contribution < -0.4 is 0 Å². The van der Waals surface area contributed by atoms with Gasteiger partial charge >= 0.3 is 0 Å². The molecule has 0 atom stereocenters. The number of aromatic nitrogens is 4. The maximum absolute atomic E-state index is 6.06. The third-order valence-corrected chi connectivity index (χ3v) is 3.83. The summed E-state index contributed by atoms with van der Waals surface area (Å²) in [7, 11) is 1.94. The first kappa shape index (κ1) is 13.2. The normalized spacial score (nSPS) is 11.4. The molecular formula is C15H17ClN4. The van der Waals surface area contributed by atoms with Crippen molar-refractivity contribution in [1.82, 2.24) is 19.3 Å². The van der Waals surface area contributed by atoms with E-state index in [4.69, 9.17) is 11.6 Å². The van der Waals surface area contributed by atoms with Crippen molar-refractivity contribution in [3.05, 3.63) is 41.3 Å². The van der Waals surface area contributed by atoms with Gasteiger partial charge in [0.05, 0.1) is 11.6 Å². The Morgan fingerprint density at radius 3 is 2.50 bits per heavy atom. The number of nitrogens with zero attached hydrogens (tertiary/aromatic N) is 4. The number of hydrogen-bond acceptors (Lipinski definition) is 2. The van der Waals surface area contributed by atoms with Crippen LogP contribution in [0.2, 0.25) is 0 Å². The van der Waals surface area contributed by atoms with Gasteiger partial charge < -0.3 is 0 Å². The minimum atomic E-state index is 0.379. The van der Waals surface area contributed by atoms with Crippen molar-refractivity contribution < 1.29 is 0 Å². The lowest BCUT2D eigenvalue weighted by atomic mass is 10.1. The topological polar surface area (TPSA) is 35.6 Å².